The number of non-ortho nitro benzene ring substituents is 1. The summed E-state index contributed by atoms with van der Waals surface area (Å²) in [6.45, 7) is 4.57. The molecule has 216 valence electrons. The first-order valence-corrected chi connectivity index (χ1v) is 12.8. The van der Waals surface area contributed by atoms with E-state index in [0.29, 0.717) is 50.6 Å². The maximum absolute atomic E-state index is 13.0. The van der Waals surface area contributed by atoms with Crippen LogP contribution in [-0.2, 0) is 10.9 Å². The van der Waals surface area contributed by atoms with Gasteiger partial charge in [0.1, 0.15) is 12.4 Å². The molecule has 0 spiro atoms. The Kier molecular flexibility index (Phi) is 9.32. The number of carbonyl (C=O) groups is 1. The van der Waals surface area contributed by atoms with E-state index in [0.717, 1.165) is 24.0 Å². The second kappa shape index (κ2) is 13.1. The standard InChI is InChI=1S/C27H28F3N7O4/c1-2-34(23-7-3-21(4-8-23)32-33-22-5-9-24(10-6-22)37(39)40)17-18-41-26(38)36-15-13-35(14-16-36)25-19-20(11-12-31-25)27(28,29)30/h3-12,19H,2,13-18H2,1H3. The number of rotatable bonds is 9. The summed E-state index contributed by atoms with van der Waals surface area (Å²) in [5.41, 5.74) is 1.22. The van der Waals surface area contributed by atoms with E-state index in [1.165, 1.54) is 29.2 Å². The first kappa shape index (κ1) is 29.2. The number of hydrogen-bond acceptors (Lipinski definition) is 9. The second-order valence-electron chi connectivity index (χ2n) is 9.06. The Balaban J connectivity index is 1.23. The molecule has 4 rings (SSSR count). The molecule has 1 fully saturated rings. The lowest BCUT2D eigenvalue weighted by atomic mass is 10.2. The molecule has 0 aliphatic carbocycles. The molecule has 1 aliphatic rings. The lowest BCUT2D eigenvalue weighted by Crippen LogP contribution is -2.49. The average Bonchev–Trinajstić information content (AvgIpc) is 2.98. The van der Waals surface area contributed by atoms with E-state index in [4.69, 9.17) is 4.74 Å². The Morgan fingerprint density at radius 3 is 2.20 bits per heavy atom. The highest BCUT2D eigenvalue weighted by molar-refractivity contribution is 5.68. The molecule has 0 N–H and O–H groups in total. The molecule has 0 unspecified atom stereocenters. The van der Waals surface area contributed by atoms with E-state index < -0.39 is 22.8 Å². The number of carbonyl (C=O) groups excluding carboxylic acids is 1. The molecule has 0 bridgehead atoms. The fraction of sp³-hybridized carbons (Fsp3) is 0.333. The summed E-state index contributed by atoms with van der Waals surface area (Å²) in [4.78, 5) is 32.2. The van der Waals surface area contributed by atoms with Gasteiger partial charge in [0.15, 0.2) is 0 Å². The SMILES string of the molecule is CCN(CCOC(=O)N1CCN(c2cc(C(F)(F)F)ccn2)CC1)c1ccc(N=Nc2ccc([N+](=O)[O-])cc2)cc1. The fourth-order valence-electron chi connectivity index (χ4n) is 4.18. The van der Waals surface area contributed by atoms with Gasteiger partial charge in [-0.2, -0.15) is 23.4 Å². The molecule has 2 heterocycles. The molecule has 0 saturated carbocycles. The van der Waals surface area contributed by atoms with Gasteiger partial charge in [0, 0.05) is 56.7 Å². The summed E-state index contributed by atoms with van der Waals surface area (Å²) in [6.07, 6.45) is -3.78. The van der Waals surface area contributed by atoms with Crippen LogP contribution in [0.1, 0.15) is 12.5 Å². The van der Waals surface area contributed by atoms with Crippen LogP contribution in [0.4, 0.5) is 46.5 Å². The van der Waals surface area contributed by atoms with Gasteiger partial charge >= 0.3 is 12.3 Å². The minimum atomic E-state index is -4.44. The van der Waals surface area contributed by atoms with Crippen molar-refractivity contribution in [2.75, 3.05) is 55.7 Å². The number of likely N-dealkylation sites (N-methyl/N-ethyl adjacent to an activating group) is 1. The van der Waals surface area contributed by atoms with Crippen LogP contribution in [0.25, 0.3) is 0 Å². The molecule has 1 saturated heterocycles. The maximum atomic E-state index is 13.0. The number of nitro benzene ring substituents is 1. The van der Waals surface area contributed by atoms with E-state index in [2.05, 4.69) is 15.2 Å². The van der Waals surface area contributed by atoms with Gasteiger partial charge in [-0.15, -0.1) is 0 Å². The van der Waals surface area contributed by atoms with Gasteiger partial charge in [0.2, 0.25) is 0 Å². The van der Waals surface area contributed by atoms with E-state index >= 15 is 0 Å². The Labute approximate surface area is 234 Å². The Bertz CT molecular complexity index is 1360. The number of hydrogen-bond donors (Lipinski definition) is 0. The largest absolute Gasteiger partial charge is 0.448 e. The molecule has 1 aliphatic heterocycles. The van der Waals surface area contributed by atoms with E-state index in [-0.39, 0.29) is 18.1 Å². The number of anilines is 2. The zero-order valence-electron chi connectivity index (χ0n) is 22.2. The highest BCUT2D eigenvalue weighted by atomic mass is 19.4. The molecule has 1 aromatic heterocycles. The summed E-state index contributed by atoms with van der Waals surface area (Å²) in [5.74, 6) is 0.227. The minimum absolute atomic E-state index is 0.0206. The van der Waals surface area contributed by atoms with Crippen LogP contribution in [-0.4, -0.2) is 66.8 Å². The van der Waals surface area contributed by atoms with Crippen LogP contribution in [0.2, 0.25) is 0 Å². The Hall–Kier alpha value is -4.75. The van der Waals surface area contributed by atoms with Crippen molar-refractivity contribution >= 4 is 34.7 Å². The van der Waals surface area contributed by atoms with Gasteiger partial charge in [0.25, 0.3) is 5.69 Å². The highest BCUT2D eigenvalue weighted by Gasteiger charge is 2.32. The molecule has 14 heteroatoms. The first-order chi connectivity index (χ1) is 19.6. The molecular weight excluding hydrogens is 543 g/mol. The number of alkyl halides is 3. The minimum Gasteiger partial charge on any atom is -0.448 e. The summed E-state index contributed by atoms with van der Waals surface area (Å²) >= 11 is 0. The molecule has 1 amide bonds. The number of amides is 1. The number of halogens is 3. The zero-order chi connectivity index (χ0) is 29.4. The van der Waals surface area contributed by atoms with Crippen LogP contribution in [0.5, 0.6) is 0 Å². The van der Waals surface area contributed by atoms with Gasteiger partial charge in [-0.3, -0.25) is 10.1 Å². The monoisotopic (exact) mass is 571 g/mol. The quantitative estimate of drug-likeness (QED) is 0.170. The van der Waals surface area contributed by atoms with E-state index in [9.17, 15) is 28.1 Å². The predicted octanol–water partition coefficient (Wildman–Crippen LogP) is 6.21. The van der Waals surface area contributed by atoms with E-state index in [1.807, 2.05) is 24.0 Å². The summed E-state index contributed by atoms with van der Waals surface area (Å²) in [5, 5.41) is 19.0. The third-order valence-corrected chi connectivity index (χ3v) is 6.46. The van der Waals surface area contributed by atoms with Crippen LogP contribution in [0, 0.1) is 10.1 Å². The smallest absolute Gasteiger partial charge is 0.416 e. The highest BCUT2D eigenvalue weighted by Crippen LogP contribution is 2.31. The van der Waals surface area contributed by atoms with Crippen molar-refractivity contribution in [2.24, 2.45) is 10.2 Å². The van der Waals surface area contributed by atoms with Gasteiger partial charge in [-0.1, -0.05) is 0 Å². The Morgan fingerprint density at radius 1 is 1.02 bits per heavy atom. The first-order valence-electron chi connectivity index (χ1n) is 12.8. The van der Waals surface area contributed by atoms with Gasteiger partial charge < -0.3 is 19.4 Å². The van der Waals surface area contributed by atoms with Crippen molar-refractivity contribution in [3.63, 3.8) is 0 Å². The van der Waals surface area contributed by atoms with Crippen molar-refractivity contribution in [2.45, 2.75) is 13.1 Å². The number of ether oxygens (including phenoxy) is 1. The van der Waals surface area contributed by atoms with E-state index in [1.54, 1.807) is 17.0 Å². The lowest BCUT2D eigenvalue weighted by Gasteiger charge is -2.35. The van der Waals surface area contributed by atoms with Crippen molar-refractivity contribution in [3.05, 3.63) is 82.5 Å². The van der Waals surface area contributed by atoms with Crippen molar-refractivity contribution < 1.29 is 27.6 Å². The van der Waals surface area contributed by atoms with Gasteiger partial charge in [-0.25, -0.2) is 9.78 Å². The van der Waals surface area contributed by atoms with Crippen molar-refractivity contribution in [3.8, 4) is 0 Å². The molecule has 0 radical (unpaired) electrons. The van der Waals surface area contributed by atoms with Crippen LogP contribution in [0.15, 0.2) is 77.1 Å². The summed E-state index contributed by atoms with van der Waals surface area (Å²) in [6, 6.07) is 15.0. The Morgan fingerprint density at radius 2 is 1.63 bits per heavy atom. The predicted molar refractivity (Wildman–Crippen MR) is 146 cm³/mol. The molecule has 11 nitrogen and oxygen atoms in total. The molecule has 3 aromatic rings. The number of benzene rings is 2. The topological polar surface area (TPSA) is 117 Å². The zero-order valence-corrected chi connectivity index (χ0v) is 22.2. The molecule has 41 heavy (non-hydrogen) atoms. The normalized spacial score (nSPS) is 13.9. The fourth-order valence-corrected chi connectivity index (χ4v) is 4.18. The summed E-state index contributed by atoms with van der Waals surface area (Å²) in [7, 11) is 0. The summed E-state index contributed by atoms with van der Waals surface area (Å²) < 4.78 is 44.5. The molecule has 0 atom stereocenters. The number of pyridine rings is 1. The van der Waals surface area contributed by atoms with Crippen LogP contribution in [0.3, 0.4) is 0 Å². The number of azo groups is 1. The third-order valence-electron chi connectivity index (χ3n) is 6.46. The van der Waals surface area contributed by atoms with Crippen molar-refractivity contribution in [1.29, 1.82) is 0 Å². The molecule has 2 aromatic carbocycles. The maximum Gasteiger partial charge on any atom is 0.416 e. The van der Waals surface area contributed by atoms with Gasteiger partial charge in [0.05, 0.1) is 28.4 Å². The average molecular weight is 572 g/mol. The number of nitrogens with zero attached hydrogens (tertiary/aromatic N) is 7. The van der Waals surface area contributed by atoms with Crippen molar-refractivity contribution in [1.82, 2.24) is 9.88 Å². The second-order valence-corrected chi connectivity index (χ2v) is 9.06. The third kappa shape index (κ3) is 7.90. The number of aromatic nitrogens is 1. The number of nitro groups is 1. The van der Waals surface area contributed by atoms with Crippen LogP contribution >= 0.6 is 0 Å². The number of piperazine rings is 1. The van der Waals surface area contributed by atoms with Gasteiger partial charge in [-0.05, 0) is 55.5 Å². The molecular formula is C27H28F3N7O4. The lowest BCUT2D eigenvalue weighted by molar-refractivity contribution is -0.384. The van der Waals surface area contributed by atoms with Crippen LogP contribution < -0.4 is 9.80 Å².